The standard InChI is InChI=1S/C20H26N4O4/c1-3-24(4-2)20(25)15-6-5-9-23(11-15)12-18-21-19(22-28-18)14-7-8-16-17(10-14)27-13-26-16/h7-8,10,15H,3-6,9,11-13H2,1-2H3. The van der Waals surface area contributed by atoms with Gasteiger partial charge in [0.2, 0.25) is 24.4 Å². The summed E-state index contributed by atoms with van der Waals surface area (Å²) in [6.45, 7) is 8.03. The number of fused-ring (bicyclic) bond motifs is 1. The van der Waals surface area contributed by atoms with Gasteiger partial charge in [-0.3, -0.25) is 9.69 Å². The molecule has 0 saturated carbocycles. The van der Waals surface area contributed by atoms with Gasteiger partial charge in [0.05, 0.1) is 12.5 Å². The Labute approximate surface area is 164 Å². The zero-order valence-electron chi connectivity index (χ0n) is 16.4. The van der Waals surface area contributed by atoms with Gasteiger partial charge in [-0.15, -0.1) is 0 Å². The number of rotatable bonds is 6. The molecule has 1 unspecified atom stereocenters. The lowest BCUT2D eigenvalue weighted by Crippen LogP contribution is -2.44. The first-order chi connectivity index (χ1) is 13.7. The summed E-state index contributed by atoms with van der Waals surface area (Å²) in [6, 6.07) is 5.60. The van der Waals surface area contributed by atoms with E-state index in [2.05, 4.69) is 15.0 Å². The van der Waals surface area contributed by atoms with Crippen LogP contribution < -0.4 is 9.47 Å². The summed E-state index contributed by atoms with van der Waals surface area (Å²) in [5.74, 6) is 2.80. The van der Waals surface area contributed by atoms with Gasteiger partial charge < -0.3 is 18.9 Å². The highest BCUT2D eigenvalue weighted by Crippen LogP contribution is 2.35. The maximum atomic E-state index is 12.7. The van der Waals surface area contributed by atoms with Crippen LogP contribution in [0.5, 0.6) is 11.5 Å². The van der Waals surface area contributed by atoms with Crippen molar-refractivity contribution < 1.29 is 18.8 Å². The maximum Gasteiger partial charge on any atom is 0.241 e. The molecule has 4 rings (SSSR count). The second-order valence-electron chi connectivity index (χ2n) is 7.16. The number of piperidine rings is 1. The predicted octanol–water partition coefficient (Wildman–Crippen LogP) is 2.55. The molecule has 1 aromatic carbocycles. The number of nitrogens with zero attached hydrogens (tertiary/aromatic N) is 4. The molecule has 8 nitrogen and oxygen atoms in total. The van der Waals surface area contributed by atoms with E-state index in [4.69, 9.17) is 14.0 Å². The summed E-state index contributed by atoms with van der Waals surface area (Å²) >= 11 is 0. The highest BCUT2D eigenvalue weighted by molar-refractivity contribution is 5.79. The number of carbonyl (C=O) groups is 1. The van der Waals surface area contributed by atoms with E-state index in [0.717, 1.165) is 50.3 Å². The Hall–Kier alpha value is -2.61. The molecule has 1 amide bonds. The van der Waals surface area contributed by atoms with Crippen molar-refractivity contribution in [1.29, 1.82) is 0 Å². The van der Waals surface area contributed by atoms with Gasteiger partial charge in [0.1, 0.15) is 0 Å². The molecule has 2 aromatic rings. The summed E-state index contributed by atoms with van der Waals surface area (Å²) in [6.07, 6.45) is 1.94. The van der Waals surface area contributed by atoms with Crippen molar-refractivity contribution in [2.24, 2.45) is 5.92 Å². The molecule has 3 heterocycles. The number of ether oxygens (including phenoxy) is 2. The Balaban J connectivity index is 1.40. The molecule has 1 atom stereocenters. The fourth-order valence-corrected chi connectivity index (χ4v) is 3.86. The molecule has 0 aliphatic carbocycles. The van der Waals surface area contributed by atoms with Crippen molar-refractivity contribution in [3.8, 4) is 22.9 Å². The fraction of sp³-hybridized carbons (Fsp3) is 0.550. The Morgan fingerprint density at radius 2 is 2.07 bits per heavy atom. The zero-order chi connectivity index (χ0) is 19.5. The van der Waals surface area contributed by atoms with Crippen LogP contribution in [0.1, 0.15) is 32.6 Å². The average molecular weight is 386 g/mol. The van der Waals surface area contributed by atoms with Crippen LogP contribution in [0.25, 0.3) is 11.4 Å². The molecule has 0 bridgehead atoms. The van der Waals surface area contributed by atoms with Crippen LogP contribution >= 0.6 is 0 Å². The maximum absolute atomic E-state index is 12.7. The number of carbonyl (C=O) groups excluding carboxylic acids is 1. The van der Waals surface area contributed by atoms with Gasteiger partial charge in [-0.1, -0.05) is 5.16 Å². The third-order valence-electron chi connectivity index (χ3n) is 5.39. The van der Waals surface area contributed by atoms with Gasteiger partial charge in [0, 0.05) is 25.2 Å². The second-order valence-corrected chi connectivity index (χ2v) is 7.16. The highest BCUT2D eigenvalue weighted by atomic mass is 16.7. The molecule has 28 heavy (non-hydrogen) atoms. The van der Waals surface area contributed by atoms with Gasteiger partial charge in [0.15, 0.2) is 11.5 Å². The van der Waals surface area contributed by atoms with E-state index in [9.17, 15) is 4.79 Å². The number of hydrogen-bond donors (Lipinski definition) is 0. The molecule has 1 saturated heterocycles. The van der Waals surface area contributed by atoms with Crippen molar-refractivity contribution in [3.63, 3.8) is 0 Å². The largest absolute Gasteiger partial charge is 0.454 e. The summed E-state index contributed by atoms with van der Waals surface area (Å²) in [5, 5.41) is 4.10. The van der Waals surface area contributed by atoms with Crippen LogP contribution in [0, 0.1) is 5.92 Å². The molecule has 8 heteroatoms. The minimum atomic E-state index is 0.0462. The number of amides is 1. The normalized spacial score (nSPS) is 19.0. The number of likely N-dealkylation sites (tertiary alicyclic amines) is 1. The lowest BCUT2D eigenvalue weighted by molar-refractivity contribution is -0.137. The minimum Gasteiger partial charge on any atom is -0.454 e. The van der Waals surface area contributed by atoms with Crippen molar-refractivity contribution in [3.05, 3.63) is 24.1 Å². The van der Waals surface area contributed by atoms with Gasteiger partial charge in [-0.2, -0.15) is 4.98 Å². The number of hydrogen-bond acceptors (Lipinski definition) is 7. The van der Waals surface area contributed by atoms with Gasteiger partial charge in [-0.05, 0) is 51.4 Å². The van der Waals surface area contributed by atoms with E-state index in [1.165, 1.54) is 0 Å². The molecule has 0 radical (unpaired) electrons. The number of benzene rings is 1. The van der Waals surface area contributed by atoms with Crippen LogP contribution in [0.4, 0.5) is 0 Å². The van der Waals surface area contributed by atoms with Crippen LogP contribution in [0.3, 0.4) is 0 Å². The number of aromatic nitrogens is 2. The Morgan fingerprint density at radius 1 is 1.25 bits per heavy atom. The molecular formula is C20H26N4O4. The lowest BCUT2D eigenvalue weighted by Gasteiger charge is -2.33. The average Bonchev–Trinajstić information content (AvgIpc) is 3.37. The summed E-state index contributed by atoms with van der Waals surface area (Å²) in [4.78, 5) is 21.3. The molecule has 2 aliphatic heterocycles. The summed E-state index contributed by atoms with van der Waals surface area (Å²) in [5.41, 5.74) is 0.826. The van der Waals surface area contributed by atoms with Crippen LogP contribution in [-0.4, -0.2) is 58.8 Å². The second kappa shape index (κ2) is 8.18. The van der Waals surface area contributed by atoms with Crippen molar-refractivity contribution in [2.45, 2.75) is 33.2 Å². The van der Waals surface area contributed by atoms with Crippen LogP contribution in [-0.2, 0) is 11.3 Å². The Morgan fingerprint density at radius 3 is 2.89 bits per heavy atom. The van der Waals surface area contributed by atoms with Crippen LogP contribution in [0.15, 0.2) is 22.7 Å². The van der Waals surface area contributed by atoms with Crippen molar-refractivity contribution in [2.75, 3.05) is 33.0 Å². The first-order valence-corrected chi connectivity index (χ1v) is 9.91. The van der Waals surface area contributed by atoms with Gasteiger partial charge in [-0.25, -0.2) is 0 Å². The fourth-order valence-electron chi connectivity index (χ4n) is 3.86. The van der Waals surface area contributed by atoms with Crippen LogP contribution in [0.2, 0.25) is 0 Å². The SMILES string of the molecule is CCN(CC)C(=O)C1CCCN(Cc2nc(-c3ccc4c(c3)OCO4)no2)C1. The smallest absolute Gasteiger partial charge is 0.241 e. The van der Waals surface area contributed by atoms with E-state index in [1.807, 2.05) is 36.9 Å². The predicted molar refractivity (Wildman–Crippen MR) is 102 cm³/mol. The third kappa shape index (κ3) is 3.82. The van der Waals surface area contributed by atoms with Crippen molar-refractivity contribution >= 4 is 5.91 Å². The lowest BCUT2D eigenvalue weighted by atomic mass is 9.96. The molecule has 1 fully saturated rings. The zero-order valence-corrected chi connectivity index (χ0v) is 16.4. The molecule has 150 valence electrons. The van der Waals surface area contributed by atoms with Gasteiger partial charge >= 0.3 is 0 Å². The van der Waals surface area contributed by atoms with Crippen molar-refractivity contribution in [1.82, 2.24) is 19.9 Å². The summed E-state index contributed by atoms with van der Waals surface area (Å²) in [7, 11) is 0. The third-order valence-corrected chi connectivity index (χ3v) is 5.39. The highest BCUT2D eigenvalue weighted by Gasteiger charge is 2.29. The molecule has 0 N–H and O–H groups in total. The molecule has 0 spiro atoms. The minimum absolute atomic E-state index is 0.0462. The quantitative estimate of drug-likeness (QED) is 0.755. The van der Waals surface area contributed by atoms with E-state index in [-0.39, 0.29) is 18.6 Å². The Kier molecular flexibility index (Phi) is 5.47. The topological polar surface area (TPSA) is 80.9 Å². The monoisotopic (exact) mass is 386 g/mol. The van der Waals surface area contributed by atoms with E-state index in [0.29, 0.717) is 24.0 Å². The first-order valence-electron chi connectivity index (χ1n) is 9.91. The summed E-state index contributed by atoms with van der Waals surface area (Å²) < 4.78 is 16.2. The molecule has 2 aliphatic rings. The van der Waals surface area contributed by atoms with E-state index < -0.39 is 0 Å². The van der Waals surface area contributed by atoms with E-state index >= 15 is 0 Å². The Bertz CT molecular complexity index is 833. The van der Waals surface area contributed by atoms with Gasteiger partial charge in [0.25, 0.3) is 0 Å². The first kappa shape index (κ1) is 18.7. The molecular weight excluding hydrogens is 360 g/mol. The van der Waals surface area contributed by atoms with E-state index in [1.54, 1.807) is 0 Å². The molecule has 1 aromatic heterocycles.